The van der Waals surface area contributed by atoms with Crippen molar-refractivity contribution >= 4 is 43.6 Å². The van der Waals surface area contributed by atoms with Crippen LogP contribution in [0.5, 0.6) is 0 Å². The summed E-state index contributed by atoms with van der Waals surface area (Å²) in [7, 11) is 0. The van der Waals surface area contributed by atoms with Crippen molar-refractivity contribution in [3.8, 4) is 22.5 Å². The summed E-state index contributed by atoms with van der Waals surface area (Å²) in [5, 5.41) is 2.97. The zero-order valence-corrected chi connectivity index (χ0v) is 25.7. The number of benzene rings is 6. The number of aryl methyl sites for hydroxylation is 2. The molecule has 2 nitrogen and oxygen atoms in total. The Kier molecular flexibility index (Phi) is 6.69. The summed E-state index contributed by atoms with van der Waals surface area (Å²) in [5.41, 5.74) is -0.474. The Hall–Kier alpha value is -5.64. The van der Waals surface area contributed by atoms with E-state index in [-0.39, 0.29) is 11.4 Å². The number of nitrogens with zero attached hydrogens (tertiary/aromatic N) is 2. The van der Waals surface area contributed by atoms with Crippen molar-refractivity contribution in [3.63, 3.8) is 0 Å². The lowest BCUT2D eigenvalue weighted by Gasteiger charge is -2.22. The molecule has 0 atom stereocenters. The first-order valence-electron chi connectivity index (χ1n) is 15.1. The Morgan fingerprint density at radius 2 is 0.857 bits per heavy atom. The second-order valence-electron chi connectivity index (χ2n) is 12.1. The van der Waals surface area contributed by atoms with Crippen molar-refractivity contribution in [1.29, 1.82) is 0 Å². The Balaban J connectivity index is 1.63. The molecule has 0 radical (unpaired) electrons. The van der Waals surface area contributed by atoms with Gasteiger partial charge in [0.1, 0.15) is 0 Å². The van der Waals surface area contributed by atoms with E-state index >= 15 is 22.0 Å². The van der Waals surface area contributed by atoms with Crippen LogP contribution in [0.25, 0.3) is 66.1 Å². The van der Waals surface area contributed by atoms with Crippen molar-refractivity contribution in [3.05, 3.63) is 143 Å². The summed E-state index contributed by atoms with van der Waals surface area (Å²) >= 11 is 0. The lowest BCUT2D eigenvalue weighted by Crippen LogP contribution is -2.14. The lowest BCUT2D eigenvalue weighted by molar-refractivity contribution is -0.137. The Morgan fingerprint density at radius 1 is 0.449 bits per heavy atom. The molecule has 10 heteroatoms. The highest BCUT2D eigenvalue weighted by molar-refractivity contribution is 6.12. The van der Waals surface area contributed by atoms with E-state index in [1.54, 1.807) is 57.7 Å². The Labute approximate surface area is 273 Å². The van der Waals surface area contributed by atoms with Gasteiger partial charge in [-0.25, -0.2) is 22.0 Å². The molecular formula is C39H22F8N2. The molecule has 0 aliphatic rings. The summed E-state index contributed by atoms with van der Waals surface area (Å²) in [6.45, 7) is 3.77. The van der Waals surface area contributed by atoms with Gasteiger partial charge in [0.25, 0.3) is 0 Å². The number of aromatic nitrogens is 2. The van der Waals surface area contributed by atoms with E-state index in [0.717, 1.165) is 44.8 Å². The molecule has 0 spiro atoms. The SMILES string of the molecule is Cc1ccc2c(c1)c1ccccc1n2-c1cc(-c2c(F)c(F)c(F)c(F)c2F)c(C(F)(F)F)cc1-n1c2ccccc2c2cc(C)ccc21. The van der Waals surface area contributed by atoms with E-state index in [0.29, 0.717) is 22.1 Å². The quantitative estimate of drug-likeness (QED) is 0.101. The number of alkyl halides is 3. The average Bonchev–Trinajstić information content (AvgIpc) is 3.58. The van der Waals surface area contributed by atoms with E-state index in [1.165, 1.54) is 0 Å². The largest absolute Gasteiger partial charge is 0.417 e. The second-order valence-corrected chi connectivity index (χ2v) is 12.1. The molecule has 0 N–H and O–H groups in total. The first-order valence-corrected chi connectivity index (χ1v) is 15.1. The normalized spacial score (nSPS) is 12.3. The molecule has 49 heavy (non-hydrogen) atoms. The maximum absolute atomic E-state index is 15.4. The maximum atomic E-state index is 15.4. The van der Waals surface area contributed by atoms with Crippen molar-refractivity contribution in [2.45, 2.75) is 20.0 Å². The van der Waals surface area contributed by atoms with Gasteiger partial charge in [-0.2, -0.15) is 13.2 Å². The van der Waals surface area contributed by atoms with Gasteiger partial charge in [0.05, 0.1) is 44.6 Å². The van der Waals surface area contributed by atoms with E-state index in [2.05, 4.69) is 0 Å². The Morgan fingerprint density at radius 3 is 1.33 bits per heavy atom. The van der Waals surface area contributed by atoms with Crippen molar-refractivity contribution in [2.24, 2.45) is 0 Å². The fourth-order valence-corrected chi connectivity index (χ4v) is 6.91. The standard InChI is InChI=1S/C39H22F8N2/c1-19-11-13-29-23(15-19)21-7-3-5-9-27(21)48(29)31-17-25(33-34(40)36(42)38(44)37(43)35(33)41)26(39(45,46)47)18-32(31)49-28-10-6-4-8-22(28)24-16-20(2)12-14-30(24)49/h3-18H,1-2H3. The molecule has 0 bridgehead atoms. The molecule has 2 heterocycles. The number of rotatable bonds is 3. The van der Waals surface area contributed by atoms with Crippen LogP contribution in [0.4, 0.5) is 35.1 Å². The van der Waals surface area contributed by atoms with Crippen LogP contribution in [-0.4, -0.2) is 9.13 Å². The predicted molar refractivity (Wildman–Crippen MR) is 175 cm³/mol. The molecule has 0 fully saturated rings. The van der Waals surface area contributed by atoms with Crippen molar-refractivity contribution < 1.29 is 35.1 Å². The maximum Gasteiger partial charge on any atom is 0.417 e. The third kappa shape index (κ3) is 4.46. The number of fused-ring (bicyclic) bond motifs is 6. The van der Waals surface area contributed by atoms with Gasteiger partial charge in [0.2, 0.25) is 5.82 Å². The van der Waals surface area contributed by atoms with Crippen LogP contribution in [0.1, 0.15) is 16.7 Å². The Bertz CT molecular complexity index is 2650. The van der Waals surface area contributed by atoms with E-state index in [9.17, 15) is 13.2 Å². The van der Waals surface area contributed by atoms with Gasteiger partial charge in [0, 0.05) is 27.1 Å². The van der Waals surface area contributed by atoms with Crippen LogP contribution in [0.3, 0.4) is 0 Å². The van der Waals surface area contributed by atoms with Crippen LogP contribution in [0, 0.1) is 42.9 Å². The lowest BCUT2D eigenvalue weighted by atomic mass is 9.95. The molecule has 0 aliphatic heterocycles. The van der Waals surface area contributed by atoms with Crippen molar-refractivity contribution in [2.75, 3.05) is 0 Å². The first-order chi connectivity index (χ1) is 23.4. The van der Waals surface area contributed by atoms with Crippen LogP contribution in [0.15, 0.2) is 97.1 Å². The van der Waals surface area contributed by atoms with Gasteiger partial charge in [-0.3, -0.25) is 0 Å². The monoisotopic (exact) mass is 670 g/mol. The van der Waals surface area contributed by atoms with Crippen LogP contribution >= 0.6 is 0 Å². The number of halogens is 8. The van der Waals surface area contributed by atoms with Gasteiger partial charge in [-0.15, -0.1) is 0 Å². The van der Waals surface area contributed by atoms with Gasteiger partial charge < -0.3 is 9.13 Å². The van der Waals surface area contributed by atoms with Gasteiger partial charge in [-0.05, 0) is 62.4 Å². The zero-order chi connectivity index (χ0) is 34.5. The summed E-state index contributed by atoms with van der Waals surface area (Å²) < 4.78 is 123. The highest BCUT2D eigenvalue weighted by Gasteiger charge is 2.39. The minimum atomic E-state index is -5.28. The topological polar surface area (TPSA) is 9.86 Å². The van der Waals surface area contributed by atoms with E-state index < -0.39 is 52.0 Å². The molecule has 8 rings (SSSR count). The van der Waals surface area contributed by atoms with Crippen LogP contribution in [-0.2, 0) is 6.18 Å². The third-order valence-corrected chi connectivity index (χ3v) is 9.04. The smallest absolute Gasteiger partial charge is 0.307 e. The average molecular weight is 671 g/mol. The van der Waals surface area contributed by atoms with E-state index in [4.69, 9.17) is 0 Å². The van der Waals surface area contributed by atoms with E-state index in [1.807, 2.05) is 50.2 Å². The second kappa shape index (κ2) is 10.7. The molecular weight excluding hydrogens is 648 g/mol. The molecule has 0 saturated heterocycles. The molecule has 0 aliphatic carbocycles. The number of para-hydroxylation sites is 2. The molecule has 8 aromatic rings. The van der Waals surface area contributed by atoms with Gasteiger partial charge in [-0.1, -0.05) is 59.7 Å². The summed E-state index contributed by atoms with van der Waals surface area (Å²) in [4.78, 5) is 0. The highest BCUT2D eigenvalue weighted by atomic mass is 19.4. The number of hydrogen-bond acceptors (Lipinski definition) is 0. The first kappa shape index (κ1) is 30.7. The van der Waals surface area contributed by atoms with Crippen LogP contribution in [0.2, 0.25) is 0 Å². The fourth-order valence-electron chi connectivity index (χ4n) is 6.91. The summed E-state index contributed by atoms with van der Waals surface area (Å²) in [6.07, 6.45) is -5.28. The molecule has 6 aromatic carbocycles. The molecule has 0 saturated carbocycles. The molecule has 0 amide bonds. The number of hydrogen-bond donors (Lipinski definition) is 0. The predicted octanol–water partition coefficient (Wildman–Crippen LogP) is 11.9. The van der Waals surface area contributed by atoms with Crippen molar-refractivity contribution in [1.82, 2.24) is 9.13 Å². The molecule has 2 aromatic heterocycles. The fraction of sp³-hybridized carbons (Fsp3) is 0.0769. The summed E-state index contributed by atoms with van der Waals surface area (Å²) in [6, 6.07) is 26.8. The third-order valence-electron chi connectivity index (χ3n) is 9.04. The minimum absolute atomic E-state index is 0.0187. The molecule has 244 valence electrons. The highest BCUT2D eigenvalue weighted by Crippen LogP contribution is 2.46. The molecule has 0 unspecified atom stereocenters. The van der Waals surface area contributed by atoms with Gasteiger partial charge >= 0.3 is 6.18 Å². The minimum Gasteiger partial charge on any atom is -0.307 e. The zero-order valence-electron chi connectivity index (χ0n) is 25.7. The van der Waals surface area contributed by atoms with Gasteiger partial charge in [0.15, 0.2) is 23.3 Å². The van der Waals surface area contributed by atoms with Crippen LogP contribution < -0.4 is 0 Å². The summed E-state index contributed by atoms with van der Waals surface area (Å²) in [5.74, 6) is -11.9.